The van der Waals surface area contributed by atoms with E-state index in [1.807, 2.05) is 19.9 Å². The molecule has 0 aromatic heterocycles. The highest BCUT2D eigenvalue weighted by atomic mass is 19.4. The van der Waals surface area contributed by atoms with Gasteiger partial charge in [0.2, 0.25) is 5.91 Å². The third-order valence-electron chi connectivity index (χ3n) is 10.8. The number of benzene rings is 2. The van der Waals surface area contributed by atoms with Gasteiger partial charge >= 0.3 is 12.1 Å². The topological polar surface area (TPSA) is 79.3 Å². The second-order valence-corrected chi connectivity index (χ2v) is 14.3. The fourth-order valence-corrected chi connectivity index (χ4v) is 8.86. The van der Waals surface area contributed by atoms with Crippen LogP contribution in [-0.2, 0) is 27.6 Å². The molecular weight excluding hydrogens is 597 g/mol. The van der Waals surface area contributed by atoms with E-state index >= 15 is 0 Å². The van der Waals surface area contributed by atoms with E-state index in [4.69, 9.17) is 9.47 Å². The SMILES string of the molecule is CC(=O)Oc1ccc2c3c1OC1C(N(CC(C)C)C(=O)/C=C/c4cccc(C(F)(F)F)c4)CC[C@@]4(O)[C@@H](C2)N(CC2CC2)CC[C@]314. The van der Waals surface area contributed by atoms with Gasteiger partial charge in [-0.05, 0) is 92.3 Å². The Morgan fingerprint density at radius 2 is 1.96 bits per heavy atom. The van der Waals surface area contributed by atoms with Gasteiger partial charge in [-0.15, -0.1) is 0 Å². The lowest BCUT2D eigenvalue weighted by Crippen LogP contribution is -2.78. The normalized spacial score (nSPS) is 29.9. The molecule has 2 saturated carbocycles. The van der Waals surface area contributed by atoms with Crippen LogP contribution < -0.4 is 9.47 Å². The monoisotopic (exact) mass is 638 g/mol. The Kier molecular flexibility index (Phi) is 7.55. The Hall–Kier alpha value is -3.37. The van der Waals surface area contributed by atoms with Crippen molar-refractivity contribution in [2.45, 2.75) is 94.7 Å². The third-order valence-corrected chi connectivity index (χ3v) is 10.8. The first-order valence-corrected chi connectivity index (χ1v) is 16.5. The predicted molar refractivity (Wildman–Crippen MR) is 165 cm³/mol. The molecule has 1 amide bonds. The molecule has 1 N–H and O–H groups in total. The predicted octanol–water partition coefficient (Wildman–Crippen LogP) is 5.76. The molecule has 2 heterocycles. The number of carbonyl (C=O) groups is 2. The first-order valence-electron chi connectivity index (χ1n) is 16.5. The molecule has 246 valence electrons. The smallest absolute Gasteiger partial charge is 0.416 e. The number of rotatable bonds is 8. The van der Waals surface area contributed by atoms with E-state index in [0.29, 0.717) is 49.6 Å². The van der Waals surface area contributed by atoms with Gasteiger partial charge in [-0.3, -0.25) is 14.5 Å². The number of carbonyl (C=O) groups excluding carboxylic acids is 2. The number of piperidine rings is 1. The van der Waals surface area contributed by atoms with Gasteiger partial charge in [0.15, 0.2) is 11.5 Å². The molecule has 3 fully saturated rings. The van der Waals surface area contributed by atoms with Gasteiger partial charge in [0, 0.05) is 37.7 Å². The Balaban J connectivity index is 1.28. The number of alkyl halides is 3. The van der Waals surface area contributed by atoms with Gasteiger partial charge in [0.1, 0.15) is 6.10 Å². The van der Waals surface area contributed by atoms with Crippen LogP contribution in [0.15, 0.2) is 42.5 Å². The van der Waals surface area contributed by atoms with Crippen molar-refractivity contribution in [3.8, 4) is 11.5 Å². The lowest BCUT2D eigenvalue weighted by atomic mass is 9.48. The van der Waals surface area contributed by atoms with Crippen LogP contribution in [-0.4, -0.2) is 70.2 Å². The van der Waals surface area contributed by atoms with E-state index in [1.54, 1.807) is 11.0 Å². The number of nitrogens with zero attached hydrogens (tertiary/aromatic N) is 2. The number of hydrogen-bond acceptors (Lipinski definition) is 6. The highest BCUT2D eigenvalue weighted by molar-refractivity contribution is 5.92. The molecule has 5 atom stereocenters. The molecule has 2 aromatic carbocycles. The van der Waals surface area contributed by atoms with Gasteiger partial charge in [-0.25, -0.2) is 0 Å². The zero-order valence-corrected chi connectivity index (χ0v) is 26.5. The first kappa shape index (κ1) is 31.2. The Labute approximate surface area is 267 Å². The summed E-state index contributed by atoms with van der Waals surface area (Å²) in [5, 5.41) is 12.9. The van der Waals surface area contributed by atoms with Gasteiger partial charge in [0.25, 0.3) is 0 Å². The van der Waals surface area contributed by atoms with Gasteiger partial charge in [-0.1, -0.05) is 32.0 Å². The van der Waals surface area contributed by atoms with Gasteiger partial charge in [0.05, 0.1) is 22.6 Å². The zero-order chi connectivity index (χ0) is 32.6. The van der Waals surface area contributed by atoms with E-state index in [0.717, 1.165) is 36.3 Å². The maximum atomic E-state index is 14.0. The van der Waals surface area contributed by atoms with Crippen molar-refractivity contribution in [1.29, 1.82) is 0 Å². The Bertz CT molecular complexity index is 1590. The molecule has 7 nitrogen and oxygen atoms in total. The maximum absolute atomic E-state index is 14.0. The molecule has 1 saturated heterocycles. The summed E-state index contributed by atoms with van der Waals surface area (Å²) in [6.45, 7) is 7.54. The standard InChI is InChI=1S/C36H41F3N2O5/c1-21(2)19-41(30(43)12-9-23-5-4-6-26(17-23)36(37,38)39)27-13-14-35(44)29-18-25-10-11-28(45-22(3)42)32-31(25)34(35,33(27)46-32)15-16-40(29)20-24-7-8-24/h4-6,9-12,17,21,24,27,29,33,44H,7-8,13-16,18-20H2,1-3H3/b12-9+/t27?,29-,33?,34+,35-/m1/s1. The van der Waals surface area contributed by atoms with Crippen LogP contribution >= 0.6 is 0 Å². The first-order chi connectivity index (χ1) is 21.8. The second kappa shape index (κ2) is 11.1. The average Bonchev–Trinajstić information content (AvgIpc) is 3.74. The molecule has 2 unspecified atom stereocenters. The van der Waals surface area contributed by atoms with Crippen LogP contribution in [0.3, 0.4) is 0 Å². The van der Waals surface area contributed by atoms with Crippen LogP contribution in [0.5, 0.6) is 11.5 Å². The minimum absolute atomic E-state index is 0.0954. The summed E-state index contributed by atoms with van der Waals surface area (Å²) >= 11 is 0. The molecule has 46 heavy (non-hydrogen) atoms. The summed E-state index contributed by atoms with van der Waals surface area (Å²) in [5.41, 5.74) is -0.419. The summed E-state index contributed by atoms with van der Waals surface area (Å²) in [5.74, 6) is 0.768. The van der Waals surface area contributed by atoms with Crippen molar-refractivity contribution in [1.82, 2.24) is 9.80 Å². The number of halogens is 3. The summed E-state index contributed by atoms with van der Waals surface area (Å²) in [6.07, 6.45) is 2.41. The fourth-order valence-electron chi connectivity index (χ4n) is 8.86. The molecule has 3 aliphatic carbocycles. The molecule has 5 aliphatic rings. The fraction of sp³-hybridized carbons (Fsp3) is 0.556. The van der Waals surface area contributed by atoms with Crippen LogP contribution in [0.2, 0.25) is 0 Å². The number of ether oxygens (including phenoxy) is 2. The van der Waals surface area contributed by atoms with Crippen molar-refractivity contribution < 1.29 is 37.3 Å². The molecule has 7 rings (SSSR count). The van der Waals surface area contributed by atoms with Crippen molar-refractivity contribution in [2.24, 2.45) is 11.8 Å². The second-order valence-electron chi connectivity index (χ2n) is 14.3. The molecule has 2 bridgehead atoms. The highest BCUT2D eigenvalue weighted by Gasteiger charge is 2.73. The molecule has 2 aromatic rings. The zero-order valence-electron chi connectivity index (χ0n) is 26.5. The summed E-state index contributed by atoms with van der Waals surface area (Å²) in [6, 6.07) is 8.17. The van der Waals surface area contributed by atoms with Crippen molar-refractivity contribution in [3.05, 3.63) is 64.7 Å². The quantitative estimate of drug-likeness (QED) is 0.225. The minimum atomic E-state index is -4.49. The van der Waals surface area contributed by atoms with E-state index in [2.05, 4.69) is 4.90 Å². The van der Waals surface area contributed by atoms with E-state index in [-0.39, 0.29) is 23.4 Å². The lowest BCUT2D eigenvalue weighted by Gasteiger charge is -2.65. The minimum Gasteiger partial charge on any atom is -0.483 e. The van der Waals surface area contributed by atoms with E-state index in [1.165, 1.54) is 44.1 Å². The average molecular weight is 639 g/mol. The number of amides is 1. The van der Waals surface area contributed by atoms with Crippen LogP contribution in [0.4, 0.5) is 13.2 Å². The molecule has 0 radical (unpaired) electrons. The number of likely N-dealkylation sites (tertiary alicyclic amines) is 1. The van der Waals surface area contributed by atoms with Crippen LogP contribution in [0, 0.1) is 11.8 Å². The molecule has 2 aliphatic heterocycles. The molecule has 1 spiro atoms. The van der Waals surface area contributed by atoms with Crippen molar-refractivity contribution in [3.63, 3.8) is 0 Å². The summed E-state index contributed by atoms with van der Waals surface area (Å²) < 4.78 is 52.5. The maximum Gasteiger partial charge on any atom is 0.416 e. The van der Waals surface area contributed by atoms with Crippen molar-refractivity contribution in [2.75, 3.05) is 19.6 Å². The number of esters is 1. The number of hydrogen-bond donors (Lipinski definition) is 1. The van der Waals surface area contributed by atoms with Gasteiger partial charge in [-0.2, -0.15) is 13.2 Å². The Morgan fingerprint density at radius 3 is 2.65 bits per heavy atom. The van der Waals surface area contributed by atoms with Gasteiger partial charge < -0.3 is 19.5 Å². The summed E-state index contributed by atoms with van der Waals surface area (Å²) in [7, 11) is 0. The highest BCUT2D eigenvalue weighted by Crippen LogP contribution is 2.66. The Morgan fingerprint density at radius 1 is 1.17 bits per heavy atom. The largest absolute Gasteiger partial charge is 0.483 e. The number of aliphatic hydroxyl groups is 1. The molecule has 10 heteroatoms. The third kappa shape index (κ3) is 5.03. The lowest BCUT2D eigenvalue weighted by molar-refractivity contribution is -0.201. The van der Waals surface area contributed by atoms with E-state index < -0.39 is 40.9 Å². The van der Waals surface area contributed by atoms with Crippen LogP contribution in [0.1, 0.15) is 75.1 Å². The molecular formula is C36H41F3N2O5. The van der Waals surface area contributed by atoms with E-state index in [9.17, 15) is 27.9 Å². The van der Waals surface area contributed by atoms with Crippen LogP contribution in [0.25, 0.3) is 6.08 Å². The summed E-state index contributed by atoms with van der Waals surface area (Å²) in [4.78, 5) is 30.4. The van der Waals surface area contributed by atoms with Crippen molar-refractivity contribution >= 4 is 18.0 Å².